The van der Waals surface area contributed by atoms with E-state index in [4.69, 9.17) is 4.74 Å². The van der Waals surface area contributed by atoms with E-state index in [1.165, 1.54) is 0 Å². The molecule has 5 heteroatoms. The quantitative estimate of drug-likeness (QED) is 0.924. The van der Waals surface area contributed by atoms with Crippen LogP contribution >= 0.6 is 15.9 Å². The van der Waals surface area contributed by atoms with Gasteiger partial charge < -0.3 is 10.1 Å². The van der Waals surface area contributed by atoms with Gasteiger partial charge in [-0.2, -0.15) is 0 Å². The van der Waals surface area contributed by atoms with Crippen molar-refractivity contribution in [1.82, 2.24) is 4.90 Å². The molecule has 0 spiro atoms. The zero-order valence-electron chi connectivity index (χ0n) is 10.5. The molecule has 0 amide bonds. The first-order valence-electron chi connectivity index (χ1n) is 6.16. The Hall–Kier alpha value is -0.650. The fourth-order valence-corrected chi connectivity index (χ4v) is 2.35. The summed E-state index contributed by atoms with van der Waals surface area (Å²) < 4.78 is 19.1. The van der Waals surface area contributed by atoms with Crippen molar-refractivity contribution in [3.63, 3.8) is 0 Å². The molecule has 1 aliphatic rings. The predicted molar refractivity (Wildman–Crippen MR) is 74.6 cm³/mol. The minimum Gasteiger partial charge on any atom is -0.384 e. The van der Waals surface area contributed by atoms with Crippen LogP contribution < -0.4 is 5.32 Å². The van der Waals surface area contributed by atoms with Gasteiger partial charge in [0.25, 0.3) is 0 Å². The summed E-state index contributed by atoms with van der Waals surface area (Å²) in [6.45, 7) is 7.38. The molecule has 1 aromatic carbocycles. The number of halogens is 2. The van der Waals surface area contributed by atoms with Crippen molar-refractivity contribution in [3.8, 4) is 0 Å². The molecule has 1 heterocycles. The standard InChI is InChI=1S/C13H18BrFN2O/c1-10-8-12(15)11(14)9-13(10)16-2-3-17-4-6-18-7-5-17/h8-9,16H,2-7H2,1H3. The second kappa shape index (κ2) is 6.50. The molecule has 0 aromatic heterocycles. The number of hydrogen-bond donors (Lipinski definition) is 1. The SMILES string of the molecule is Cc1cc(F)c(Br)cc1NCCN1CCOCC1. The highest BCUT2D eigenvalue weighted by Gasteiger charge is 2.10. The van der Waals surface area contributed by atoms with Gasteiger partial charge in [-0.05, 0) is 40.5 Å². The van der Waals surface area contributed by atoms with Crippen LogP contribution in [-0.2, 0) is 4.74 Å². The maximum atomic E-state index is 13.3. The summed E-state index contributed by atoms with van der Waals surface area (Å²) in [6, 6.07) is 3.34. The Labute approximate surface area is 115 Å². The molecule has 0 saturated carbocycles. The van der Waals surface area contributed by atoms with Crippen LogP contribution in [0.2, 0.25) is 0 Å². The Morgan fingerprint density at radius 3 is 2.83 bits per heavy atom. The molecule has 3 nitrogen and oxygen atoms in total. The van der Waals surface area contributed by atoms with Gasteiger partial charge in [-0.1, -0.05) is 0 Å². The third kappa shape index (κ3) is 3.67. The van der Waals surface area contributed by atoms with Gasteiger partial charge in [-0.15, -0.1) is 0 Å². The Morgan fingerprint density at radius 1 is 1.39 bits per heavy atom. The van der Waals surface area contributed by atoms with E-state index in [0.29, 0.717) is 4.47 Å². The van der Waals surface area contributed by atoms with Gasteiger partial charge >= 0.3 is 0 Å². The zero-order chi connectivity index (χ0) is 13.0. The largest absolute Gasteiger partial charge is 0.384 e. The van der Waals surface area contributed by atoms with Gasteiger partial charge in [0.05, 0.1) is 17.7 Å². The molecule has 0 radical (unpaired) electrons. The topological polar surface area (TPSA) is 24.5 Å². The maximum absolute atomic E-state index is 13.3. The molecule has 2 rings (SSSR count). The molecule has 1 N–H and O–H groups in total. The fourth-order valence-electron chi connectivity index (χ4n) is 2.01. The van der Waals surface area contributed by atoms with Gasteiger partial charge in [0.2, 0.25) is 0 Å². The Kier molecular flexibility index (Phi) is 4.97. The van der Waals surface area contributed by atoms with Gasteiger partial charge in [0.15, 0.2) is 0 Å². The van der Waals surface area contributed by atoms with Crippen LogP contribution in [0.5, 0.6) is 0 Å². The number of benzene rings is 1. The van der Waals surface area contributed by atoms with E-state index in [9.17, 15) is 4.39 Å². The first-order valence-corrected chi connectivity index (χ1v) is 6.96. The van der Waals surface area contributed by atoms with Gasteiger partial charge in [0, 0.05) is 31.9 Å². The van der Waals surface area contributed by atoms with Crippen LogP contribution in [0.1, 0.15) is 5.56 Å². The Bertz CT molecular complexity index is 408. The molecule has 18 heavy (non-hydrogen) atoms. The van der Waals surface area contributed by atoms with Crippen molar-refractivity contribution < 1.29 is 9.13 Å². The molecule has 0 aliphatic carbocycles. The monoisotopic (exact) mass is 316 g/mol. The van der Waals surface area contributed by atoms with Crippen molar-refractivity contribution in [3.05, 3.63) is 28.0 Å². The third-order valence-electron chi connectivity index (χ3n) is 3.11. The van der Waals surface area contributed by atoms with Crippen LogP contribution in [0, 0.1) is 12.7 Å². The number of nitrogens with one attached hydrogen (secondary N) is 1. The van der Waals surface area contributed by atoms with Crippen molar-refractivity contribution in [2.75, 3.05) is 44.7 Å². The predicted octanol–water partition coefficient (Wildman–Crippen LogP) is 2.64. The van der Waals surface area contributed by atoms with E-state index in [1.807, 2.05) is 6.92 Å². The first kappa shape index (κ1) is 13.8. The third-order valence-corrected chi connectivity index (χ3v) is 3.72. The van der Waals surface area contributed by atoms with Crippen molar-refractivity contribution in [2.45, 2.75) is 6.92 Å². The molecule has 1 fully saturated rings. The summed E-state index contributed by atoms with van der Waals surface area (Å²) in [5.74, 6) is -0.216. The molecule has 1 saturated heterocycles. The van der Waals surface area contributed by atoms with E-state index in [2.05, 4.69) is 26.1 Å². The van der Waals surface area contributed by atoms with Crippen molar-refractivity contribution >= 4 is 21.6 Å². The molecular formula is C13H18BrFN2O. The van der Waals surface area contributed by atoms with E-state index in [1.54, 1.807) is 12.1 Å². The summed E-state index contributed by atoms with van der Waals surface area (Å²) >= 11 is 3.21. The highest BCUT2D eigenvalue weighted by Crippen LogP contribution is 2.23. The summed E-state index contributed by atoms with van der Waals surface area (Å²) in [4.78, 5) is 2.37. The van der Waals surface area contributed by atoms with Crippen LogP contribution in [0.3, 0.4) is 0 Å². The van der Waals surface area contributed by atoms with Gasteiger partial charge in [-0.3, -0.25) is 4.90 Å². The number of ether oxygens (including phenoxy) is 1. The first-order chi connectivity index (χ1) is 8.66. The molecule has 1 aliphatic heterocycles. The maximum Gasteiger partial charge on any atom is 0.137 e. The molecule has 1 aromatic rings. The minimum absolute atomic E-state index is 0.216. The van der Waals surface area contributed by atoms with Crippen molar-refractivity contribution in [1.29, 1.82) is 0 Å². The molecular weight excluding hydrogens is 299 g/mol. The van der Waals surface area contributed by atoms with Crippen LogP contribution in [0.15, 0.2) is 16.6 Å². The fraction of sp³-hybridized carbons (Fsp3) is 0.538. The lowest BCUT2D eigenvalue weighted by atomic mass is 10.2. The highest BCUT2D eigenvalue weighted by atomic mass is 79.9. The van der Waals surface area contributed by atoms with E-state index >= 15 is 0 Å². The minimum atomic E-state index is -0.216. The lowest BCUT2D eigenvalue weighted by molar-refractivity contribution is 0.0398. The van der Waals surface area contributed by atoms with Crippen LogP contribution in [-0.4, -0.2) is 44.3 Å². The van der Waals surface area contributed by atoms with Crippen molar-refractivity contribution in [2.24, 2.45) is 0 Å². The highest BCUT2D eigenvalue weighted by molar-refractivity contribution is 9.10. The number of morpholine rings is 1. The summed E-state index contributed by atoms with van der Waals surface area (Å²) in [7, 11) is 0. The molecule has 0 bridgehead atoms. The second-order valence-corrected chi connectivity index (χ2v) is 5.32. The average Bonchev–Trinajstić information content (AvgIpc) is 2.37. The van der Waals surface area contributed by atoms with Gasteiger partial charge in [0.1, 0.15) is 5.82 Å². The van der Waals surface area contributed by atoms with Crippen LogP contribution in [0.4, 0.5) is 10.1 Å². The Balaban J connectivity index is 1.84. The lowest BCUT2D eigenvalue weighted by Gasteiger charge is -2.26. The van der Waals surface area contributed by atoms with E-state index in [-0.39, 0.29) is 5.82 Å². The number of nitrogens with zero attached hydrogens (tertiary/aromatic N) is 1. The lowest BCUT2D eigenvalue weighted by Crippen LogP contribution is -2.39. The summed E-state index contributed by atoms with van der Waals surface area (Å²) in [5, 5.41) is 3.35. The molecule has 0 atom stereocenters. The number of rotatable bonds is 4. The van der Waals surface area contributed by atoms with E-state index < -0.39 is 0 Å². The second-order valence-electron chi connectivity index (χ2n) is 4.46. The summed E-state index contributed by atoms with van der Waals surface area (Å²) in [6.07, 6.45) is 0. The van der Waals surface area contributed by atoms with Crippen LogP contribution in [0.25, 0.3) is 0 Å². The number of hydrogen-bond acceptors (Lipinski definition) is 3. The van der Waals surface area contributed by atoms with Gasteiger partial charge in [-0.25, -0.2) is 4.39 Å². The van der Waals surface area contributed by atoms with E-state index in [0.717, 1.165) is 50.6 Å². The zero-order valence-corrected chi connectivity index (χ0v) is 12.1. The number of anilines is 1. The molecule has 100 valence electrons. The molecule has 0 unspecified atom stereocenters. The average molecular weight is 317 g/mol. The summed E-state index contributed by atoms with van der Waals surface area (Å²) in [5.41, 5.74) is 1.91. The Morgan fingerprint density at radius 2 is 2.11 bits per heavy atom. The smallest absolute Gasteiger partial charge is 0.137 e. The number of aryl methyl sites for hydroxylation is 1. The normalized spacial score (nSPS) is 16.8.